The normalized spacial score (nSPS) is 10.5. The van der Waals surface area contributed by atoms with E-state index in [4.69, 9.17) is 14.6 Å². The molecule has 4 nitrogen and oxygen atoms in total. The minimum atomic E-state index is -0.432. The SMILES string of the molecule is COC(=O)/C(=C/c1ccccc1)COCC#CCO. The van der Waals surface area contributed by atoms with Crippen LogP contribution < -0.4 is 0 Å². The summed E-state index contributed by atoms with van der Waals surface area (Å²) in [6.07, 6.45) is 1.71. The number of hydrogen-bond donors (Lipinski definition) is 1. The van der Waals surface area contributed by atoms with Crippen molar-refractivity contribution in [3.8, 4) is 11.8 Å². The number of esters is 1. The highest BCUT2D eigenvalue weighted by atomic mass is 16.5. The summed E-state index contributed by atoms with van der Waals surface area (Å²) in [5, 5.41) is 8.48. The molecule has 1 rings (SSSR count). The van der Waals surface area contributed by atoms with Gasteiger partial charge in [0, 0.05) is 0 Å². The van der Waals surface area contributed by atoms with Crippen molar-refractivity contribution in [1.29, 1.82) is 0 Å². The fourth-order valence-corrected chi connectivity index (χ4v) is 1.36. The number of aliphatic hydroxyl groups excluding tert-OH is 1. The third-order valence-corrected chi connectivity index (χ3v) is 2.22. The maximum Gasteiger partial charge on any atom is 0.336 e. The van der Waals surface area contributed by atoms with Crippen molar-refractivity contribution in [3.63, 3.8) is 0 Å². The maximum atomic E-state index is 11.6. The van der Waals surface area contributed by atoms with Gasteiger partial charge < -0.3 is 14.6 Å². The summed E-state index contributed by atoms with van der Waals surface area (Å²) < 4.78 is 9.94. The second-order valence-electron chi connectivity index (χ2n) is 3.58. The molecule has 0 saturated heterocycles. The number of carbonyl (C=O) groups excluding carboxylic acids is 1. The number of rotatable bonds is 5. The summed E-state index contributed by atoms with van der Waals surface area (Å²) in [4.78, 5) is 11.6. The molecule has 4 heteroatoms. The fraction of sp³-hybridized carbons (Fsp3) is 0.267. The fourth-order valence-electron chi connectivity index (χ4n) is 1.36. The quantitative estimate of drug-likeness (QED) is 0.375. The van der Waals surface area contributed by atoms with Crippen molar-refractivity contribution in [2.45, 2.75) is 0 Å². The average Bonchev–Trinajstić information content (AvgIpc) is 2.46. The number of aliphatic hydroxyl groups is 1. The van der Waals surface area contributed by atoms with Crippen LogP contribution in [0, 0.1) is 11.8 Å². The number of hydrogen-bond acceptors (Lipinski definition) is 4. The molecule has 100 valence electrons. The van der Waals surface area contributed by atoms with Crippen molar-refractivity contribution in [1.82, 2.24) is 0 Å². The first kappa shape index (κ1) is 15.0. The summed E-state index contributed by atoms with van der Waals surface area (Å²) >= 11 is 0. The number of carbonyl (C=O) groups is 1. The van der Waals surface area contributed by atoms with Gasteiger partial charge in [0.15, 0.2) is 0 Å². The molecule has 1 aromatic carbocycles. The molecule has 0 atom stereocenters. The largest absolute Gasteiger partial charge is 0.466 e. The molecule has 0 aromatic heterocycles. The van der Waals surface area contributed by atoms with Crippen molar-refractivity contribution in [3.05, 3.63) is 41.5 Å². The Hall–Kier alpha value is -2.09. The van der Waals surface area contributed by atoms with Crippen LogP contribution in [0.4, 0.5) is 0 Å². The van der Waals surface area contributed by atoms with Gasteiger partial charge in [-0.15, -0.1) is 0 Å². The van der Waals surface area contributed by atoms with Gasteiger partial charge in [0.2, 0.25) is 0 Å². The van der Waals surface area contributed by atoms with Crippen LogP contribution in [0.2, 0.25) is 0 Å². The van der Waals surface area contributed by atoms with Gasteiger partial charge in [0.25, 0.3) is 0 Å². The van der Waals surface area contributed by atoms with E-state index >= 15 is 0 Å². The van der Waals surface area contributed by atoms with Crippen LogP contribution in [0.1, 0.15) is 5.56 Å². The molecule has 0 unspecified atom stereocenters. The second kappa shape index (κ2) is 8.92. The molecule has 0 heterocycles. The van der Waals surface area contributed by atoms with Crippen LogP contribution in [-0.2, 0) is 14.3 Å². The van der Waals surface area contributed by atoms with Crippen LogP contribution in [-0.4, -0.2) is 38.0 Å². The van der Waals surface area contributed by atoms with Gasteiger partial charge in [-0.25, -0.2) is 4.79 Å². The first-order chi connectivity index (χ1) is 9.27. The minimum absolute atomic E-state index is 0.113. The smallest absolute Gasteiger partial charge is 0.336 e. The Morgan fingerprint density at radius 1 is 1.32 bits per heavy atom. The van der Waals surface area contributed by atoms with Gasteiger partial charge in [0.05, 0.1) is 19.3 Å². The Labute approximate surface area is 112 Å². The topological polar surface area (TPSA) is 55.8 Å². The zero-order chi connectivity index (χ0) is 13.9. The first-order valence-corrected chi connectivity index (χ1v) is 5.76. The van der Waals surface area contributed by atoms with E-state index in [-0.39, 0.29) is 19.8 Å². The number of methoxy groups -OCH3 is 1. The molecule has 1 aromatic rings. The number of ether oxygens (including phenoxy) is 2. The predicted octanol–water partition coefficient (Wildman–Crippen LogP) is 1.26. The van der Waals surface area contributed by atoms with Crippen LogP contribution in [0.5, 0.6) is 0 Å². The van der Waals surface area contributed by atoms with E-state index in [9.17, 15) is 4.79 Å². The molecule has 0 aliphatic carbocycles. The molecule has 0 saturated carbocycles. The lowest BCUT2D eigenvalue weighted by atomic mass is 10.1. The Balaban J connectivity index is 2.67. The lowest BCUT2D eigenvalue weighted by Gasteiger charge is -2.05. The maximum absolute atomic E-state index is 11.6. The molecule has 0 bridgehead atoms. The summed E-state index contributed by atoms with van der Waals surface area (Å²) in [7, 11) is 1.33. The highest BCUT2D eigenvalue weighted by Crippen LogP contribution is 2.08. The molecule has 0 amide bonds. The standard InChI is InChI=1S/C15H16O4/c1-18-15(17)14(12-19-10-6-5-9-16)11-13-7-3-2-4-8-13/h2-4,7-8,11,16H,9-10,12H2,1H3/b14-11+. The lowest BCUT2D eigenvalue weighted by molar-refractivity contribution is -0.136. The van der Waals surface area contributed by atoms with Crippen molar-refractivity contribution in [2.24, 2.45) is 0 Å². The van der Waals surface area contributed by atoms with Crippen LogP contribution in [0.15, 0.2) is 35.9 Å². The van der Waals surface area contributed by atoms with Gasteiger partial charge in [-0.3, -0.25) is 0 Å². The zero-order valence-corrected chi connectivity index (χ0v) is 10.8. The van der Waals surface area contributed by atoms with E-state index < -0.39 is 5.97 Å². The van der Waals surface area contributed by atoms with E-state index in [1.54, 1.807) is 6.08 Å². The zero-order valence-electron chi connectivity index (χ0n) is 10.8. The summed E-state index contributed by atoms with van der Waals surface area (Å²) in [6, 6.07) is 9.43. The van der Waals surface area contributed by atoms with Gasteiger partial charge >= 0.3 is 5.97 Å². The van der Waals surface area contributed by atoms with Gasteiger partial charge in [-0.05, 0) is 11.6 Å². The lowest BCUT2D eigenvalue weighted by Crippen LogP contribution is -2.11. The summed E-state index contributed by atoms with van der Waals surface area (Å²) in [5.74, 6) is 4.64. The Bertz CT molecular complexity index is 480. The van der Waals surface area contributed by atoms with E-state index in [0.717, 1.165) is 5.56 Å². The first-order valence-electron chi connectivity index (χ1n) is 5.76. The Kier molecular flexibility index (Phi) is 7.03. The molecule has 0 spiro atoms. The molecule has 1 N–H and O–H groups in total. The number of benzene rings is 1. The third-order valence-electron chi connectivity index (χ3n) is 2.22. The second-order valence-corrected chi connectivity index (χ2v) is 3.58. The molecule has 0 fully saturated rings. The minimum Gasteiger partial charge on any atom is -0.466 e. The molecule has 0 radical (unpaired) electrons. The molecular weight excluding hydrogens is 244 g/mol. The third kappa shape index (κ3) is 5.87. The predicted molar refractivity (Wildman–Crippen MR) is 72.1 cm³/mol. The van der Waals surface area contributed by atoms with Crippen LogP contribution in [0.3, 0.4) is 0 Å². The van der Waals surface area contributed by atoms with Gasteiger partial charge in [0.1, 0.15) is 13.2 Å². The Morgan fingerprint density at radius 3 is 2.68 bits per heavy atom. The van der Waals surface area contributed by atoms with Crippen molar-refractivity contribution < 1.29 is 19.4 Å². The van der Waals surface area contributed by atoms with Crippen LogP contribution >= 0.6 is 0 Å². The van der Waals surface area contributed by atoms with E-state index in [2.05, 4.69) is 11.8 Å². The van der Waals surface area contributed by atoms with Crippen LogP contribution in [0.25, 0.3) is 6.08 Å². The molecule has 19 heavy (non-hydrogen) atoms. The van der Waals surface area contributed by atoms with Gasteiger partial charge in [-0.1, -0.05) is 42.2 Å². The Morgan fingerprint density at radius 2 is 2.05 bits per heavy atom. The van der Waals surface area contributed by atoms with E-state index in [0.29, 0.717) is 5.57 Å². The molecule has 0 aliphatic rings. The monoisotopic (exact) mass is 260 g/mol. The molecular formula is C15H16O4. The van der Waals surface area contributed by atoms with Crippen molar-refractivity contribution >= 4 is 12.0 Å². The summed E-state index contributed by atoms with van der Waals surface area (Å²) in [5.41, 5.74) is 1.31. The highest BCUT2D eigenvalue weighted by molar-refractivity contribution is 5.93. The van der Waals surface area contributed by atoms with Gasteiger partial charge in [-0.2, -0.15) is 0 Å². The van der Waals surface area contributed by atoms with E-state index in [1.165, 1.54) is 7.11 Å². The highest BCUT2D eigenvalue weighted by Gasteiger charge is 2.09. The van der Waals surface area contributed by atoms with Crippen molar-refractivity contribution in [2.75, 3.05) is 26.9 Å². The summed E-state index contributed by atoms with van der Waals surface area (Å²) in [6.45, 7) is 0.0679. The average molecular weight is 260 g/mol. The van der Waals surface area contributed by atoms with E-state index in [1.807, 2.05) is 30.3 Å². The molecule has 0 aliphatic heterocycles.